The topological polar surface area (TPSA) is 46.5 Å². The molecule has 0 aromatic rings. The highest BCUT2D eigenvalue weighted by atomic mass is 16.5. The van der Waals surface area contributed by atoms with E-state index in [0.29, 0.717) is 6.61 Å². The van der Waals surface area contributed by atoms with Gasteiger partial charge in [-0.3, -0.25) is 4.79 Å². The number of rotatable bonds is 17. The Hall–Kier alpha value is -0.570. The predicted molar refractivity (Wildman–Crippen MR) is 97.5 cm³/mol. The Balaban J connectivity index is 3.95. The SMILES string of the molecule is CCCCCCC(CCCCCC)C(=O)OCCCCCCO. The van der Waals surface area contributed by atoms with E-state index in [1.165, 1.54) is 38.5 Å². The zero-order valence-corrected chi connectivity index (χ0v) is 15.7. The van der Waals surface area contributed by atoms with Crippen molar-refractivity contribution in [2.24, 2.45) is 5.92 Å². The van der Waals surface area contributed by atoms with Crippen LogP contribution in [0.3, 0.4) is 0 Å². The van der Waals surface area contributed by atoms with Gasteiger partial charge in [-0.15, -0.1) is 0 Å². The van der Waals surface area contributed by atoms with E-state index in [4.69, 9.17) is 9.84 Å². The second-order valence-electron chi connectivity index (χ2n) is 6.70. The third kappa shape index (κ3) is 14.7. The lowest BCUT2D eigenvalue weighted by molar-refractivity contribution is -0.149. The Morgan fingerprint density at radius 1 is 0.783 bits per heavy atom. The number of hydrogen-bond donors (Lipinski definition) is 1. The molecule has 23 heavy (non-hydrogen) atoms. The molecule has 0 bridgehead atoms. The van der Waals surface area contributed by atoms with Crippen molar-refractivity contribution >= 4 is 5.97 Å². The van der Waals surface area contributed by atoms with E-state index < -0.39 is 0 Å². The van der Waals surface area contributed by atoms with Crippen molar-refractivity contribution in [3.05, 3.63) is 0 Å². The van der Waals surface area contributed by atoms with Gasteiger partial charge >= 0.3 is 5.97 Å². The molecule has 0 atom stereocenters. The molecule has 0 rings (SSSR count). The molecule has 0 radical (unpaired) electrons. The number of ether oxygens (including phenoxy) is 1. The maximum absolute atomic E-state index is 12.3. The Morgan fingerprint density at radius 3 is 1.83 bits per heavy atom. The van der Waals surface area contributed by atoms with E-state index >= 15 is 0 Å². The summed E-state index contributed by atoms with van der Waals surface area (Å²) in [6.07, 6.45) is 15.6. The Bertz CT molecular complexity index is 241. The summed E-state index contributed by atoms with van der Waals surface area (Å²) in [5.41, 5.74) is 0. The average molecular weight is 329 g/mol. The minimum atomic E-state index is 0.0279. The van der Waals surface area contributed by atoms with Crippen molar-refractivity contribution in [2.75, 3.05) is 13.2 Å². The summed E-state index contributed by atoms with van der Waals surface area (Å²) in [4.78, 5) is 12.3. The van der Waals surface area contributed by atoms with E-state index in [9.17, 15) is 4.79 Å². The fraction of sp³-hybridized carbons (Fsp3) is 0.950. The number of unbranched alkanes of at least 4 members (excludes halogenated alkanes) is 9. The van der Waals surface area contributed by atoms with Crippen LogP contribution in [0.5, 0.6) is 0 Å². The monoisotopic (exact) mass is 328 g/mol. The van der Waals surface area contributed by atoms with Crippen molar-refractivity contribution in [1.29, 1.82) is 0 Å². The van der Waals surface area contributed by atoms with Gasteiger partial charge in [0, 0.05) is 6.61 Å². The molecule has 3 nitrogen and oxygen atoms in total. The molecule has 0 unspecified atom stereocenters. The number of carbonyl (C=O) groups is 1. The van der Waals surface area contributed by atoms with Crippen LogP contribution in [0, 0.1) is 5.92 Å². The number of aliphatic hydroxyl groups excluding tert-OH is 1. The minimum absolute atomic E-state index is 0.0279. The highest BCUT2D eigenvalue weighted by molar-refractivity contribution is 5.72. The summed E-state index contributed by atoms with van der Waals surface area (Å²) in [5.74, 6) is 0.140. The van der Waals surface area contributed by atoms with Gasteiger partial charge in [-0.05, 0) is 32.1 Å². The van der Waals surface area contributed by atoms with Crippen LogP contribution in [0.1, 0.15) is 104 Å². The van der Waals surface area contributed by atoms with Gasteiger partial charge in [0.05, 0.1) is 12.5 Å². The molecule has 138 valence electrons. The summed E-state index contributed by atoms with van der Waals surface area (Å²) < 4.78 is 5.50. The molecule has 0 fully saturated rings. The van der Waals surface area contributed by atoms with Crippen molar-refractivity contribution in [1.82, 2.24) is 0 Å². The lowest BCUT2D eigenvalue weighted by atomic mass is 9.94. The second-order valence-corrected chi connectivity index (χ2v) is 6.70. The summed E-state index contributed by atoms with van der Waals surface area (Å²) in [7, 11) is 0. The maximum atomic E-state index is 12.3. The molecule has 0 amide bonds. The molecule has 0 aliphatic carbocycles. The van der Waals surface area contributed by atoms with Crippen LogP contribution < -0.4 is 0 Å². The first kappa shape index (κ1) is 22.4. The largest absolute Gasteiger partial charge is 0.465 e. The molecule has 0 aliphatic rings. The highest BCUT2D eigenvalue weighted by Crippen LogP contribution is 2.20. The fourth-order valence-electron chi connectivity index (χ4n) is 2.87. The zero-order valence-electron chi connectivity index (χ0n) is 15.7. The summed E-state index contributed by atoms with van der Waals surface area (Å²) in [5, 5.41) is 8.74. The third-order valence-electron chi connectivity index (χ3n) is 4.44. The summed E-state index contributed by atoms with van der Waals surface area (Å²) in [6.45, 7) is 5.24. The zero-order chi connectivity index (χ0) is 17.2. The summed E-state index contributed by atoms with van der Waals surface area (Å²) >= 11 is 0. The molecule has 0 aromatic carbocycles. The summed E-state index contributed by atoms with van der Waals surface area (Å²) in [6, 6.07) is 0. The van der Waals surface area contributed by atoms with Crippen molar-refractivity contribution in [3.8, 4) is 0 Å². The molecule has 0 aromatic heterocycles. The van der Waals surface area contributed by atoms with Gasteiger partial charge in [-0.25, -0.2) is 0 Å². The lowest BCUT2D eigenvalue weighted by Gasteiger charge is -2.16. The number of aliphatic hydroxyl groups is 1. The van der Waals surface area contributed by atoms with Crippen LogP contribution in [0.4, 0.5) is 0 Å². The van der Waals surface area contributed by atoms with Gasteiger partial charge in [0.25, 0.3) is 0 Å². The molecular formula is C20H40O3. The van der Waals surface area contributed by atoms with Crippen molar-refractivity contribution < 1.29 is 14.6 Å². The van der Waals surface area contributed by atoms with Crippen LogP contribution in [0.2, 0.25) is 0 Å². The molecule has 0 saturated heterocycles. The Kier molecular flexibility index (Phi) is 17.3. The standard InChI is InChI=1S/C20H40O3/c1-3-5-7-11-15-19(16-12-8-6-4-2)20(22)23-18-14-10-9-13-17-21/h19,21H,3-18H2,1-2H3. The average Bonchev–Trinajstić information content (AvgIpc) is 2.56. The van der Waals surface area contributed by atoms with E-state index in [1.54, 1.807) is 0 Å². The maximum Gasteiger partial charge on any atom is 0.308 e. The van der Waals surface area contributed by atoms with Crippen LogP contribution in [-0.4, -0.2) is 24.3 Å². The van der Waals surface area contributed by atoms with Crippen molar-refractivity contribution in [2.45, 2.75) is 104 Å². The van der Waals surface area contributed by atoms with Gasteiger partial charge in [0.2, 0.25) is 0 Å². The van der Waals surface area contributed by atoms with Crippen LogP contribution in [-0.2, 0) is 9.53 Å². The number of carbonyl (C=O) groups excluding carboxylic acids is 1. The molecule has 3 heteroatoms. The molecule has 1 N–H and O–H groups in total. The lowest BCUT2D eigenvalue weighted by Crippen LogP contribution is -2.18. The number of hydrogen-bond acceptors (Lipinski definition) is 3. The predicted octanol–water partition coefficient (Wildman–Crippen LogP) is 5.64. The molecule has 0 spiro atoms. The normalized spacial score (nSPS) is 11.1. The molecule has 0 saturated carbocycles. The number of esters is 1. The minimum Gasteiger partial charge on any atom is -0.465 e. The van der Waals surface area contributed by atoms with Crippen molar-refractivity contribution in [3.63, 3.8) is 0 Å². The van der Waals surface area contributed by atoms with Crippen LogP contribution in [0.15, 0.2) is 0 Å². The van der Waals surface area contributed by atoms with Crippen LogP contribution >= 0.6 is 0 Å². The van der Waals surface area contributed by atoms with Gasteiger partial charge in [0.15, 0.2) is 0 Å². The molecule has 0 heterocycles. The first-order chi connectivity index (χ1) is 11.3. The Morgan fingerprint density at radius 2 is 1.30 bits per heavy atom. The quantitative estimate of drug-likeness (QED) is 0.278. The van der Waals surface area contributed by atoms with E-state index in [2.05, 4.69) is 13.8 Å². The second kappa shape index (κ2) is 17.8. The van der Waals surface area contributed by atoms with Gasteiger partial charge in [-0.2, -0.15) is 0 Å². The molecule has 0 aliphatic heterocycles. The van der Waals surface area contributed by atoms with Gasteiger partial charge < -0.3 is 9.84 Å². The van der Waals surface area contributed by atoms with E-state index in [-0.39, 0.29) is 18.5 Å². The Labute approximate surface area is 144 Å². The molecular weight excluding hydrogens is 288 g/mol. The van der Waals surface area contributed by atoms with E-state index in [1.807, 2.05) is 0 Å². The first-order valence-electron chi connectivity index (χ1n) is 10.0. The first-order valence-corrected chi connectivity index (χ1v) is 10.0. The highest BCUT2D eigenvalue weighted by Gasteiger charge is 2.19. The third-order valence-corrected chi connectivity index (χ3v) is 4.44. The fourth-order valence-corrected chi connectivity index (χ4v) is 2.87. The van der Waals surface area contributed by atoms with Gasteiger partial charge in [0.1, 0.15) is 0 Å². The van der Waals surface area contributed by atoms with Crippen LogP contribution in [0.25, 0.3) is 0 Å². The van der Waals surface area contributed by atoms with E-state index in [0.717, 1.165) is 51.4 Å². The smallest absolute Gasteiger partial charge is 0.308 e. The van der Waals surface area contributed by atoms with Gasteiger partial charge in [-0.1, -0.05) is 71.6 Å².